The summed E-state index contributed by atoms with van der Waals surface area (Å²) in [5, 5.41) is 10.2. The Morgan fingerprint density at radius 1 is 1.18 bits per heavy atom. The Labute approximate surface area is 106 Å². The molecule has 2 fully saturated rings. The van der Waals surface area contributed by atoms with Crippen LogP contribution in [0.4, 0.5) is 0 Å². The van der Waals surface area contributed by atoms with Gasteiger partial charge in [0.15, 0.2) is 0 Å². The van der Waals surface area contributed by atoms with Gasteiger partial charge in [-0.1, -0.05) is 39.5 Å². The summed E-state index contributed by atoms with van der Waals surface area (Å²) in [6, 6.07) is 0. The average Bonchev–Trinajstić information content (AvgIpc) is 2.74. The first-order chi connectivity index (χ1) is 8.05. The van der Waals surface area contributed by atoms with Crippen LogP contribution in [0, 0.1) is 11.3 Å². The van der Waals surface area contributed by atoms with E-state index in [4.69, 9.17) is 0 Å². The van der Waals surface area contributed by atoms with Crippen molar-refractivity contribution in [2.45, 2.75) is 64.9 Å². The lowest BCUT2D eigenvalue weighted by Crippen LogP contribution is -2.41. The lowest BCUT2D eigenvalue weighted by atomic mass is 9.82. The molecule has 2 aliphatic rings. The van der Waals surface area contributed by atoms with Crippen LogP contribution in [0.2, 0.25) is 0 Å². The van der Waals surface area contributed by atoms with E-state index in [0.29, 0.717) is 5.41 Å². The number of hydrogen-bond donors (Lipinski definition) is 1. The summed E-state index contributed by atoms with van der Waals surface area (Å²) in [5.41, 5.74) is 0.521. The fourth-order valence-corrected chi connectivity index (χ4v) is 3.34. The lowest BCUT2D eigenvalue weighted by Gasteiger charge is -2.37. The number of piperidine rings is 1. The molecule has 2 rings (SSSR count). The Balaban J connectivity index is 1.66. The van der Waals surface area contributed by atoms with Crippen LogP contribution >= 0.6 is 0 Å². The van der Waals surface area contributed by atoms with Crippen molar-refractivity contribution in [2.24, 2.45) is 11.3 Å². The van der Waals surface area contributed by atoms with Gasteiger partial charge in [0.05, 0.1) is 6.10 Å². The zero-order chi connectivity index (χ0) is 12.3. The van der Waals surface area contributed by atoms with Crippen molar-refractivity contribution in [1.82, 2.24) is 4.90 Å². The van der Waals surface area contributed by atoms with Crippen molar-refractivity contribution in [3.05, 3.63) is 0 Å². The van der Waals surface area contributed by atoms with Crippen molar-refractivity contribution < 1.29 is 5.11 Å². The third-order valence-electron chi connectivity index (χ3n) is 4.76. The highest BCUT2D eigenvalue weighted by Gasteiger charge is 2.27. The van der Waals surface area contributed by atoms with Crippen LogP contribution in [-0.2, 0) is 0 Å². The molecule has 1 heterocycles. The third-order valence-corrected chi connectivity index (χ3v) is 4.76. The van der Waals surface area contributed by atoms with Gasteiger partial charge in [-0.05, 0) is 43.7 Å². The van der Waals surface area contributed by atoms with Gasteiger partial charge in [0.1, 0.15) is 0 Å². The molecule has 1 aliphatic carbocycles. The van der Waals surface area contributed by atoms with E-state index in [9.17, 15) is 5.11 Å². The minimum Gasteiger partial charge on any atom is -0.392 e. The summed E-state index contributed by atoms with van der Waals surface area (Å²) in [5.74, 6) is 0.811. The summed E-state index contributed by atoms with van der Waals surface area (Å²) < 4.78 is 0. The number of hydrogen-bond acceptors (Lipinski definition) is 2. The highest BCUT2D eigenvalue weighted by molar-refractivity contribution is 4.80. The van der Waals surface area contributed by atoms with Gasteiger partial charge in [-0.3, -0.25) is 0 Å². The molecule has 100 valence electrons. The van der Waals surface area contributed by atoms with Gasteiger partial charge >= 0.3 is 0 Å². The van der Waals surface area contributed by atoms with Gasteiger partial charge in [0, 0.05) is 6.54 Å². The number of likely N-dealkylation sites (tertiary alicyclic amines) is 1. The fourth-order valence-electron chi connectivity index (χ4n) is 3.34. The lowest BCUT2D eigenvalue weighted by molar-refractivity contribution is 0.0583. The van der Waals surface area contributed by atoms with Crippen LogP contribution in [0.1, 0.15) is 58.8 Å². The molecule has 0 spiro atoms. The Bertz CT molecular complexity index is 223. The number of aliphatic hydroxyl groups is 1. The molecular formula is C15H29NO. The van der Waals surface area contributed by atoms with Crippen LogP contribution < -0.4 is 0 Å². The van der Waals surface area contributed by atoms with Crippen LogP contribution in [0.3, 0.4) is 0 Å². The van der Waals surface area contributed by atoms with E-state index in [1.807, 2.05) is 0 Å². The zero-order valence-electron chi connectivity index (χ0n) is 11.6. The fraction of sp³-hybridized carbons (Fsp3) is 1.00. The molecule has 0 aromatic rings. The summed E-state index contributed by atoms with van der Waals surface area (Å²) in [4.78, 5) is 2.46. The van der Waals surface area contributed by atoms with Crippen molar-refractivity contribution >= 4 is 0 Å². The first-order valence-electron chi connectivity index (χ1n) is 7.46. The minimum absolute atomic E-state index is 0.0840. The number of aliphatic hydroxyl groups excluding tert-OH is 1. The topological polar surface area (TPSA) is 23.5 Å². The smallest absolute Gasteiger partial charge is 0.0669 e. The van der Waals surface area contributed by atoms with Crippen LogP contribution in [-0.4, -0.2) is 35.7 Å². The molecule has 0 aromatic heterocycles. The van der Waals surface area contributed by atoms with Gasteiger partial charge < -0.3 is 10.0 Å². The molecule has 0 bridgehead atoms. The van der Waals surface area contributed by atoms with Gasteiger partial charge in [-0.2, -0.15) is 0 Å². The van der Waals surface area contributed by atoms with E-state index in [2.05, 4.69) is 18.7 Å². The van der Waals surface area contributed by atoms with Crippen molar-refractivity contribution in [1.29, 1.82) is 0 Å². The number of nitrogens with zero attached hydrogens (tertiary/aromatic N) is 1. The van der Waals surface area contributed by atoms with Gasteiger partial charge in [-0.15, -0.1) is 0 Å². The highest BCUT2D eigenvalue weighted by Crippen LogP contribution is 2.31. The third kappa shape index (κ3) is 4.26. The van der Waals surface area contributed by atoms with Gasteiger partial charge in [-0.25, -0.2) is 0 Å². The monoisotopic (exact) mass is 239 g/mol. The second kappa shape index (κ2) is 5.71. The quantitative estimate of drug-likeness (QED) is 0.815. The molecule has 0 radical (unpaired) electrons. The molecule has 1 saturated heterocycles. The second-order valence-corrected chi connectivity index (χ2v) is 7.00. The van der Waals surface area contributed by atoms with E-state index in [-0.39, 0.29) is 6.10 Å². The van der Waals surface area contributed by atoms with Crippen molar-refractivity contribution in [2.75, 3.05) is 19.6 Å². The normalized spacial score (nSPS) is 28.4. The Kier molecular flexibility index (Phi) is 4.48. The SMILES string of the molecule is CC1(C)CCN(CC(O)CC2CCCC2)CC1. The maximum Gasteiger partial charge on any atom is 0.0669 e. The molecule has 0 amide bonds. The van der Waals surface area contributed by atoms with Crippen LogP contribution in [0.25, 0.3) is 0 Å². The molecule has 1 atom stereocenters. The van der Waals surface area contributed by atoms with Crippen molar-refractivity contribution in [3.8, 4) is 0 Å². The van der Waals surface area contributed by atoms with Gasteiger partial charge in [0.25, 0.3) is 0 Å². The Morgan fingerprint density at radius 3 is 2.35 bits per heavy atom. The molecule has 1 saturated carbocycles. The first-order valence-corrected chi connectivity index (χ1v) is 7.46. The molecule has 2 heteroatoms. The van der Waals surface area contributed by atoms with E-state index < -0.39 is 0 Å². The Morgan fingerprint density at radius 2 is 1.76 bits per heavy atom. The number of rotatable bonds is 4. The largest absolute Gasteiger partial charge is 0.392 e. The number of β-amino-alcohol motifs (C(OH)–C–C–N with tert-alkyl or cyclic N) is 1. The maximum absolute atomic E-state index is 10.2. The molecule has 2 nitrogen and oxygen atoms in total. The van der Waals surface area contributed by atoms with Crippen molar-refractivity contribution in [3.63, 3.8) is 0 Å². The predicted molar refractivity (Wildman–Crippen MR) is 72.0 cm³/mol. The molecule has 17 heavy (non-hydrogen) atoms. The first kappa shape index (κ1) is 13.4. The molecule has 0 aromatic carbocycles. The van der Waals surface area contributed by atoms with E-state index >= 15 is 0 Å². The van der Waals surface area contributed by atoms with Crippen LogP contribution in [0.5, 0.6) is 0 Å². The van der Waals surface area contributed by atoms with E-state index in [0.717, 1.165) is 18.9 Å². The van der Waals surface area contributed by atoms with E-state index in [1.54, 1.807) is 0 Å². The average molecular weight is 239 g/mol. The molecule has 1 aliphatic heterocycles. The molecule has 1 unspecified atom stereocenters. The standard InChI is InChI=1S/C15H29NO/c1-15(2)7-9-16(10-8-15)12-14(17)11-13-5-3-4-6-13/h13-14,17H,3-12H2,1-2H3. The van der Waals surface area contributed by atoms with E-state index in [1.165, 1.54) is 51.6 Å². The highest BCUT2D eigenvalue weighted by atomic mass is 16.3. The summed E-state index contributed by atoms with van der Waals surface area (Å²) in [7, 11) is 0. The maximum atomic E-state index is 10.2. The predicted octanol–water partition coefficient (Wildman–Crippen LogP) is 3.05. The van der Waals surface area contributed by atoms with Crippen LogP contribution in [0.15, 0.2) is 0 Å². The minimum atomic E-state index is -0.0840. The zero-order valence-corrected chi connectivity index (χ0v) is 11.6. The summed E-state index contributed by atoms with van der Waals surface area (Å²) in [6.45, 7) is 7.98. The summed E-state index contributed by atoms with van der Waals surface area (Å²) in [6.07, 6.45) is 8.99. The second-order valence-electron chi connectivity index (χ2n) is 7.00. The molecular weight excluding hydrogens is 210 g/mol. The van der Waals surface area contributed by atoms with Gasteiger partial charge in [0.2, 0.25) is 0 Å². The molecule has 1 N–H and O–H groups in total. The Hall–Kier alpha value is -0.0800. The summed E-state index contributed by atoms with van der Waals surface area (Å²) >= 11 is 0.